The van der Waals surface area contributed by atoms with E-state index in [2.05, 4.69) is 15.7 Å². The number of amides is 1. The Labute approximate surface area is 198 Å². The number of rotatable bonds is 5. The van der Waals surface area contributed by atoms with Gasteiger partial charge in [-0.1, -0.05) is 17.7 Å². The van der Waals surface area contributed by atoms with Crippen LogP contribution in [0.5, 0.6) is 0 Å². The Bertz CT molecular complexity index is 1120. The summed E-state index contributed by atoms with van der Waals surface area (Å²) in [5, 5.41) is 11.6. The molecule has 1 saturated heterocycles. The number of halogens is 2. The molecule has 1 fully saturated rings. The highest BCUT2D eigenvalue weighted by Crippen LogP contribution is 2.32. The number of benzene rings is 2. The third kappa shape index (κ3) is 4.88. The fraction of sp³-hybridized carbons (Fsp3) is 0.292. The molecule has 4 rings (SSSR count). The Morgan fingerprint density at radius 2 is 1.81 bits per heavy atom. The van der Waals surface area contributed by atoms with Crippen molar-refractivity contribution in [2.24, 2.45) is 0 Å². The number of nitrogens with one attached hydrogen (secondary N) is 2. The molecule has 1 aliphatic heterocycles. The summed E-state index contributed by atoms with van der Waals surface area (Å²) in [7, 11) is 0. The summed E-state index contributed by atoms with van der Waals surface area (Å²) >= 11 is 6.36. The molecule has 2 aromatic carbocycles. The highest BCUT2D eigenvalue weighted by atomic mass is 35.5. The number of carbonyl (C=O) groups is 2. The molecule has 168 valence electrons. The summed E-state index contributed by atoms with van der Waals surface area (Å²) in [5.74, 6) is -0.0118. The number of Topliss-reactive ketones (excluding diaryl/α,β-unsaturated/α-hetero) is 1. The van der Waals surface area contributed by atoms with Gasteiger partial charge in [-0.15, -0.1) is 12.4 Å². The molecule has 0 atom stereocenters. The quantitative estimate of drug-likeness (QED) is 0.501. The van der Waals surface area contributed by atoms with Crippen molar-refractivity contribution in [1.82, 2.24) is 15.1 Å². The molecule has 3 aromatic rings. The van der Waals surface area contributed by atoms with Crippen molar-refractivity contribution in [3.8, 4) is 5.69 Å². The summed E-state index contributed by atoms with van der Waals surface area (Å²) < 4.78 is 1.87. The third-order valence-corrected chi connectivity index (χ3v) is 6.20. The summed E-state index contributed by atoms with van der Waals surface area (Å²) in [5.41, 5.74) is 4.52. The zero-order valence-electron chi connectivity index (χ0n) is 18.0. The van der Waals surface area contributed by atoms with Crippen LogP contribution in [0.4, 0.5) is 5.69 Å². The fourth-order valence-electron chi connectivity index (χ4n) is 4.03. The second-order valence-corrected chi connectivity index (χ2v) is 8.26. The van der Waals surface area contributed by atoms with Crippen LogP contribution in [0.15, 0.2) is 48.7 Å². The maximum Gasteiger partial charge on any atom is 0.259 e. The number of ketones is 1. The minimum Gasteiger partial charge on any atom is -0.322 e. The van der Waals surface area contributed by atoms with Crippen LogP contribution in [-0.2, 0) is 0 Å². The Hall–Kier alpha value is -2.67. The van der Waals surface area contributed by atoms with Crippen LogP contribution in [-0.4, -0.2) is 34.6 Å². The number of aromatic nitrogens is 2. The van der Waals surface area contributed by atoms with Crippen molar-refractivity contribution in [3.63, 3.8) is 0 Å². The molecule has 6 nitrogen and oxygen atoms in total. The first kappa shape index (κ1) is 24.0. The maximum atomic E-state index is 13.2. The number of piperidine rings is 1. The summed E-state index contributed by atoms with van der Waals surface area (Å²) in [6.45, 7) is 5.28. The van der Waals surface area contributed by atoms with Crippen LogP contribution in [0.25, 0.3) is 5.69 Å². The standard InChI is InChI=1S/C24H25ClN4O2.ClH/c1-15-21(25)4-3-5-22(15)29-23(18-10-12-26-13-11-18)20(14-27-29)24(31)28-19-8-6-17(7-9-19)16(2)30;/h3-9,14,18,26H,10-13H2,1-2H3,(H,28,31);1H. The lowest BCUT2D eigenvalue weighted by Crippen LogP contribution is -2.29. The van der Waals surface area contributed by atoms with E-state index in [1.54, 1.807) is 30.5 Å². The number of hydrogen-bond donors (Lipinski definition) is 2. The van der Waals surface area contributed by atoms with Crippen molar-refractivity contribution in [3.05, 3.63) is 76.1 Å². The van der Waals surface area contributed by atoms with Gasteiger partial charge in [-0.25, -0.2) is 4.68 Å². The smallest absolute Gasteiger partial charge is 0.259 e. The lowest BCUT2D eigenvalue weighted by Gasteiger charge is -2.25. The van der Waals surface area contributed by atoms with Gasteiger partial charge in [0.25, 0.3) is 5.91 Å². The topological polar surface area (TPSA) is 76.0 Å². The van der Waals surface area contributed by atoms with Crippen molar-refractivity contribution >= 4 is 41.4 Å². The number of nitrogens with zero attached hydrogens (tertiary/aromatic N) is 2. The minimum atomic E-state index is -0.213. The Balaban J connectivity index is 0.00000289. The van der Waals surface area contributed by atoms with E-state index in [4.69, 9.17) is 11.6 Å². The van der Waals surface area contributed by atoms with Crippen LogP contribution in [0.3, 0.4) is 0 Å². The molecule has 0 saturated carbocycles. The van der Waals surface area contributed by atoms with E-state index in [1.165, 1.54) is 6.92 Å². The van der Waals surface area contributed by atoms with E-state index in [0.717, 1.165) is 42.9 Å². The first-order chi connectivity index (χ1) is 15.0. The molecule has 0 aliphatic carbocycles. The highest BCUT2D eigenvalue weighted by molar-refractivity contribution is 6.31. The molecule has 2 heterocycles. The van der Waals surface area contributed by atoms with E-state index in [-0.39, 0.29) is 30.0 Å². The molecular weight excluding hydrogens is 447 g/mol. The molecule has 2 N–H and O–H groups in total. The van der Waals surface area contributed by atoms with E-state index >= 15 is 0 Å². The van der Waals surface area contributed by atoms with Gasteiger partial charge in [-0.05, 0) is 81.7 Å². The van der Waals surface area contributed by atoms with Crippen LogP contribution >= 0.6 is 24.0 Å². The molecule has 32 heavy (non-hydrogen) atoms. The third-order valence-electron chi connectivity index (χ3n) is 5.79. The normalized spacial score (nSPS) is 14.0. The Morgan fingerprint density at radius 1 is 1.12 bits per heavy atom. The SMILES string of the molecule is CC(=O)c1ccc(NC(=O)c2cnn(-c3cccc(Cl)c3C)c2C2CCNCC2)cc1.Cl. The average molecular weight is 473 g/mol. The molecule has 0 spiro atoms. The van der Waals surface area contributed by atoms with Gasteiger partial charge in [0.1, 0.15) is 0 Å². The van der Waals surface area contributed by atoms with Gasteiger partial charge in [0.15, 0.2) is 5.78 Å². The van der Waals surface area contributed by atoms with E-state index in [1.807, 2.05) is 29.8 Å². The number of anilines is 1. The molecule has 0 bridgehead atoms. The van der Waals surface area contributed by atoms with Crippen LogP contribution in [0, 0.1) is 6.92 Å². The van der Waals surface area contributed by atoms with Crippen molar-refractivity contribution in [1.29, 1.82) is 0 Å². The monoisotopic (exact) mass is 472 g/mol. The fourth-order valence-corrected chi connectivity index (χ4v) is 4.19. The Kier molecular flexibility index (Phi) is 7.72. The van der Waals surface area contributed by atoms with Gasteiger partial charge in [-0.3, -0.25) is 9.59 Å². The average Bonchev–Trinajstić information content (AvgIpc) is 3.22. The van der Waals surface area contributed by atoms with E-state index in [9.17, 15) is 9.59 Å². The zero-order chi connectivity index (χ0) is 22.0. The van der Waals surface area contributed by atoms with Gasteiger partial charge in [-0.2, -0.15) is 5.10 Å². The second-order valence-electron chi connectivity index (χ2n) is 7.85. The lowest BCUT2D eigenvalue weighted by atomic mass is 9.91. The predicted molar refractivity (Wildman–Crippen MR) is 130 cm³/mol. The van der Waals surface area contributed by atoms with Gasteiger partial charge in [0.2, 0.25) is 0 Å². The molecule has 1 aromatic heterocycles. The largest absolute Gasteiger partial charge is 0.322 e. The number of carbonyl (C=O) groups excluding carboxylic acids is 2. The van der Waals surface area contributed by atoms with Crippen molar-refractivity contribution < 1.29 is 9.59 Å². The molecule has 1 amide bonds. The summed E-state index contributed by atoms with van der Waals surface area (Å²) in [6, 6.07) is 12.6. The maximum absolute atomic E-state index is 13.2. The van der Waals surface area contributed by atoms with Crippen LogP contribution < -0.4 is 10.6 Å². The predicted octanol–water partition coefficient (Wildman–Crippen LogP) is 5.18. The second kappa shape index (κ2) is 10.3. The van der Waals surface area contributed by atoms with Gasteiger partial charge in [0, 0.05) is 22.2 Å². The molecule has 0 unspecified atom stereocenters. The summed E-state index contributed by atoms with van der Waals surface area (Å²) in [6.07, 6.45) is 3.49. The molecule has 0 radical (unpaired) electrons. The first-order valence-corrected chi connectivity index (χ1v) is 10.8. The van der Waals surface area contributed by atoms with Crippen molar-refractivity contribution in [2.45, 2.75) is 32.6 Å². The molecule has 8 heteroatoms. The van der Waals surface area contributed by atoms with Gasteiger partial charge < -0.3 is 10.6 Å². The van der Waals surface area contributed by atoms with Gasteiger partial charge >= 0.3 is 0 Å². The van der Waals surface area contributed by atoms with Gasteiger partial charge in [0.05, 0.1) is 23.1 Å². The minimum absolute atomic E-state index is 0. The van der Waals surface area contributed by atoms with Crippen molar-refractivity contribution in [2.75, 3.05) is 18.4 Å². The molecule has 1 aliphatic rings. The highest BCUT2D eigenvalue weighted by Gasteiger charge is 2.27. The number of hydrogen-bond acceptors (Lipinski definition) is 4. The van der Waals surface area contributed by atoms with E-state index in [0.29, 0.717) is 21.8 Å². The molecular formula is C24H26Cl2N4O2. The van der Waals surface area contributed by atoms with E-state index < -0.39 is 0 Å². The lowest BCUT2D eigenvalue weighted by molar-refractivity contribution is 0.101. The zero-order valence-corrected chi connectivity index (χ0v) is 19.6. The summed E-state index contributed by atoms with van der Waals surface area (Å²) in [4.78, 5) is 24.7. The van der Waals surface area contributed by atoms with Crippen LogP contribution in [0.1, 0.15) is 57.7 Å². The Morgan fingerprint density at radius 3 is 2.47 bits per heavy atom. The van der Waals surface area contributed by atoms with Crippen LogP contribution in [0.2, 0.25) is 5.02 Å². The first-order valence-electron chi connectivity index (χ1n) is 10.4.